The fraction of sp³-hybridized carbons (Fsp3) is 0.429. The monoisotopic (exact) mass is 569 g/mol. The lowest BCUT2D eigenvalue weighted by Crippen LogP contribution is -2.26. The number of rotatable bonds is 9. The van der Waals surface area contributed by atoms with Crippen LogP contribution >= 0.6 is 34.7 Å². The lowest BCUT2D eigenvalue weighted by molar-refractivity contribution is -0.113. The van der Waals surface area contributed by atoms with E-state index in [9.17, 15) is 10.1 Å². The third kappa shape index (κ3) is 6.25. The Labute approximate surface area is 237 Å². The topological polar surface area (TPSA) is 92.8 Å². The molecular formula is C28H32ClN5O2S2. The third-order valence-electron chi connectivity index (χ3n) is 6.75. The summed E-state index contributed by atoms with van der Waals surface area (Å²) < 4.78 is 7.90. The van der Waals surface area contributed by atoms with Gasteiger partial charge in [0.2, 0.25) is 5.91 Å². The number of allylic oxidation sites excluding steroid dienone is 1. The van der Waals surface area contributed by atoms with Crippen molar-refractivity contribution >= 4 is 45.6 Å². The molecule has 2 aromatic heterocycles. The summed E-state index contributed by atoms with van der Waals surface area (Å²) in [5, 5.41) is 23.2. The van der Waals surface area contributed by atoms with Crippen LogP contribution in [0.4, 0.5) is 5.00 Å². The zero-order valence-electron chi connectivity index (χ0n) is 22.1. The highest BCUT2D eigenvalue weighted by molar-refractivity contribution is 7.99. The van der Waals surface area contributed by atoms with Gasteiger partial charge in [-0.05, 0) is 55.2 Å². The summed E-state index contributed by atoms with van der Waals surface area (Å²) >= 11 is 9.07. The molecule has 2 heterocycles. The van der Waals surface area contributed by atoms with Gasteiger partial charge in [0.05, 0.1) is 16.3 Å². The number of aromatic nitrogens is 3. The van der Waals surface area contributed by atoms with Crippen molar-refractivity contribution in [2.45, 2.75) is 64.8 Å². The zero-order chi connectivity index (χ0) is 27.4. The van der Waals surface area contributed by atoms with Gasteiger partial charge in [0.25, 0.3) is 0 Å². The lowest BCUT2D eigenvalue weighted by atomic mass is 9.72. The van der Waals surface area contributed by atoms with Gasteiger partial charge in [-0.3, -0.25) is 9.36 Å². The molecule has 0 saturated heterocycles. The Kier molecular flexibility index (Phi) is 8.86. The van der Waals surface area contributed by atoms with Gasteiger partial charge in [-0.2, -0.15) is 5.26 Å². The summed E-state index contributed by atoms with van der Waals surface area (Å²) in [6.07, 6.45) is 4.22. The maximum atomic E-state index is 12.9. The molecule has 2 atom stereocenters. The second kappa shape index (κ2) is 11.9. The molecule has 0 aliphatic heterocycles. The average Bonchev–Trinajstić information content (AvgIpc) is 3.43. The first-order chi connectivity index (χ1) is 18.1. The molecule has 10 heteroatoms. The van der Waals surface area contributed by atoms with Gasteiger partial charge in [-0.15, -0.1) is 28.1 Å². The first-order valence-electron chi connectivity index (χ1n) is 12.5. The third-order valence-corrected chi connectivity index (χ3v) is 9.20. The number of halogens is 1. The van der Waals surface area contributed by atoms with Crippen LogP contribution in [0.5, 0.6) is 5.75 Å². The van der Waals surface area contributed by atoms with Gasteiger partial charge < -0.3 is 10.1 Å². The number of nitrogens with zero attached hydrogens (tertiary/aromatic N) is 4. The van der Waals surface area contributed by atoms with Crippen LogP contribution in [0, 0.1) is 22.7 Å². The van der Waals surface area contributed by atoms with E-state index in [0.29, 0.717) is 44.8 Å². The van der Waals surface area contributed by atoms with Crippen molar-refractivity contribution in [1.29, 1.82) is 5.26 Å². The molecule has 4 rings (SSSR count). The molecule has 200 valence electrons. The van der Waals surface area contributed by atoms with Gasteiger partial charge in [0.1, 0.15) is 16.8 Å². The number of amides is 1. The standard InChI is InChI=1S/C28H32ClN5O2S2/c1-6-13-34-25(17(2)36-22-10-8-7-9-21(22)29)32-33-27(34)37-16-24(35)31-26-20(15-30)19-12-11-18(28(3,4)5)14-23(19)38-26/h6-10,17-18H,1,11-14,16H2,2-5H3,(H,31,35). The first kappa shape index (κ1) is 28.2. The maximum absolute atomic E-state index is 12.9. The van der Waals surface area contributed by atoms with Gasteiger partial charge in [0, 0.05) is 11.4 Å². The van der Waals surface area contributed by atoms with Crippen LogP contribution in [0.3, 0.4) is 0 Å². The minimum atomic E-state index is -0.418. The van der Waals surface area contributed by atoms with E-state index < -0.39 is 6.10 Å². The molecule has 0 spiro atoms. The molecule has 7 nitrogen and oxygen atoms in total. The second-order valence-electron chi connectivity index (χ2n) is 10.4. The predicted octanol–water partition coefficient (Wildman–Crippen LogP) is 7.07. The predicted molar refractivity (Wildman–Crippen MR) is 154 cm³/mol. The van der Waals surface area contributed by atoms with Gasteiger partial charge in [-0.25, -0.2) is 0 Å². The maximum Gasteiger partial charge on any atom is 0.235 e. The quantitative estimate of drug-likeness (QED) is 0.219. The minimum absolute atomic E-state index is 0.132. The summed E-state index contributed by atoms with van der Waals surface area (Å²) in [6.45, 7) is 13.0. The summed E-state index contributed by atoms with van der Waals surface area (Å²) in [5.41, 5.74) is 1.92. The highest BCUT2D eigenvalue weighted by Crippen LogP contribution is 2.44. The van der Waals surface area contributed by atoms with Crippen molar-refractivity contribution in [2.24, 2.45) is 11.3 Å². The van der Waals surface area contributed by atoms with Crippen molar-refractivity contribution < 1.29 is 9.53 Å². The number of carbonyl (C=O) groups is 1. The van der Waals surface area contributed by atoms with Crippen molar-refractivity contribution in [3.05, 3.63) is 63.8 Å². The van der Waals surface area contributed by atoms with E-state index in [1.165, 1.54) is 16.6 Å². The van der Waals surface area contributed by atoms with Crippen molar-refractivity contribution in [3.63, 3.8) is 0 Å². The summed E-state index contributed by atoms with van der Waals surface area (Å²) in [4.78, 5) is 14.1. The molecule has 38 heavy (non-hydrogen) atoms. The van der Waals surface area contributed by atoms with Crippen LogP contribution in [0.25, 0.3) is 0 Å². The van der Waals surface area contributed by atoms with Crippen LogP contribution in [-0.2, 0) is 24.2 Å². The number of hydrogen-bond donors (Lipinski definition) is 1. The molecular weight excluding hydrogens is 538 g/mol. The molecule has 1 aliphatic carbocycles. The zero-order valence-corrected chi connectivity index (χ0v) is 24.5. The molecule has 0 radical (unpaired) electrons. The van der Waals surface area contributed by atoms with E-state index in [0.717, 1.165) is 24.8 Å². The van der Waals surface area contributed by atoms with Crippen LogP contribution in [0.15, 0.2) is 42.1 Å². The van der Waals surface area contributed by atoms with E-state index in [2.05, 4.69) is 48.9 Å². The Morgan fingerprint density at radius 3 is 2.87 bits per heavy atom. The highest BCUT2D eigenvalue weighted by Gasteiger charge is 2.32. The number of benzene rings is 1. The number of carbonyl (C=O) groups excluding carboxylic acids is 1. The van der Waals surface area contributed by atoms with E-state index in [-0.39, 0.29) is 17.1 Å². The molecule has 3 aromatic rings. The SMILES string of the molecule is C=CCn1c(SCC(=O)Nc2sc3c(c2C#N)CCC(C(C)(C)C)C3)nnc1C(C)Oc1ccccc1Cl. The van der Waals surface area contributed by atoms with E-state index in [1.807, 2.05) is 23.6 Å². The van der Waals surface area contributed by atoms with Gasteiger partial charge in [-0.1, -0.05) is 62.3 Å². The highest BCUT2D eigenvalue weighted by atomic mass is 35.5. The first-order valence-corrected chi connectivity index (χ1v) is 14.7. The molecule has 2 unspecified atom stereocenters. The summed E-state index contributed by atoms with van der Waals surface area (Å²) in [6, 6.07) is 9.59. The fourth-order valence-electron chi connectivity index (χ4n) is 4.62. The summed E-state index contributed by atoms with van der Waals surface area (Å²) in [7, 11) is 0. The largest absolute Gasteiger partial charge is 0.481 e. The van der Waals surface area contributed by atoms with E-state index in [1.54, 1.807) is 29.5 Å². The van der Waals surface area contributed by atoms with Crippen molar-refractivity contribution in [1.82, 2.24) is 14.8 Å². The fourth-order valence-corrected chi connectivity index (χ4v) is 6.85. The minimum Gasteiger partial charge on any atom is -0.481 e. The van der Waals surface area contributed by atoms with Crippen molar-refractivity contribution in [2.75, 3.05) is 11.1 Å². The number of thioether (sulfide) groups is 1. The number of fused-ring (bicyclic) bond motifs is 1. The molecule has 0 fully saturated rings. The number of hydrogen-bond acceptors (Lipinski definition) is 7. The van der Waals surface area contributed by atoms with Crippen LogP contribution in [-0.4, -0.2) is 26.4 Å². The number of nitriles is 1. The molecule has 1 amide bonds. The molecule has 1 N–H and O–H groups in total. The Bertz CT molecular complexity index is 1370. The van der Waals surface area contributed by atoms with Gasteiger partial charge >= 0.3 is 0 Å². The number of ether oxygens (including phenoxy) is 1. The number of thiophene rings is 1. The van der Waals surface area contributed by atoms with Crippen LogP contribution in [0.2, 0.25) is 5.02 Å². The Morgan fingerprint density at radius 1 is 1.42 bits per heavy atom. The Hall–Kier alpha value is -2.80. The molecule has 0 saturated carbocycles. The molecule has 1 aliphatic rings. The second-order valence-corrected chi connectivity index (χ2v) is 12.8. The Morgan fingerprint density at radius 2 is 2.18 bits per heavy atom. The lowest BCUT2D eigenvalue weighted by Gasteiger charge is -2.33. The number of nitrogens with one attached hydrogen (secondary N) is 1. The van der Waals surface area contributed by atoms with Crippen molar-refractivity contribution in [3.8, 4) is 11.8 Å². The van der Waals surface area contributed by atoms with E-state index >= 15 is 0 Å². The normalized spacial score (nSPS) is 15.8. The summed E-state index contributed by atoms with van der Waals surface area (Å²) in [5.74, 6) is 1.68. The Balaban J connectivity index is 1.44. The molecule has 0 bridgehead atoms. The average molecular weight is 570 g/mol. The van der Waals surface area contributed by atoms with Gasteiger partial charge in [0.15, 0.2) is 17.1 Å². The van der Waals surface area contributed by atoms with Crippen LogP contribution < -0.4 is 10.1 Å². The molecule has 1 aromatic carbocycles. The smallest absolute Gasteiger partial charge is 0.235 e. The number of anilines is 1. The number of para-hydroxylation sites is 1. The van der Waals surface area contributed by atoms with E-state index in [4.69, 9.17) is 16.3 Å². The van der Waals surface area contributed by atoms with Crippen LogP contribution in [0.1, 0.15) is 62.0 Å².